The first-order valence-electron chi connectivity index (χ1n) is 11.2. The molecule has 188 valence electrons. The summed E-state index contributed by atoms with van der Waals surface area (Å²) in [5.74, 6) is 0. The molecule has 0 nitrogen and oxygen atoms in total. The topological polar surface area (TPSA) is 0 Å². The van der Waals surface area contributed by atoms with Crippen molar-refractivity contribution in [2.45, 2.75) is 104 Å². The van der Waals surface area contributed by atoms with E-state index in [1.807, 2.05) is 0 Å². The monoisotopic (exact) mass is 624 g/mol. The van der Waals surface area contributed by atoms with Gasteiger partial charge in [-0.2, -0.15) is 12.2 Å². The Balaban J connectivity index is -0.000000123. The SMILES string of the molecule is C[C](C)=[Zr+2].C[Si](C)(C)C=C[C-]=CC[Si](C)(C)C.C[Si](C)(C)C=C[C-]=CC[Si](C)(C)C.[Cl-].[Cl-]. The molecule has 0 N–H and O–H groups in total. The first kappa shape index (κ1) is 43.3. The van der Waals surface area contributed by atoms with Gasteiger partial charge < -0.3 is 24.8 Å². The minimum absolute atomic E-state index is 0. The van der Waals surface area contributed by atoms with E-state index in [1.165, 1.54) is 15.3 Å². The molecule has 0 fully saturated rings. The third-order valence-electron chi connectivity index (χ3n) is 3.02. The van der Waals surface area contributed by atoms with Gasteiger partial charge in [0, 0.05) is 16.1 Å². The number of allylic oxidation sites excluding steroid dienone is 6. The molecule has 0 aliphatic heterocycles. The van der Waals surface area contributed by atoms with Gasteiger partial charge in [-0.25, -0.2) is 23.6 Å². The zero-order valence-electron chi connectivity index (χ0n) is 23.6. The van der Waals surface area contributed by atoms with E-state index >= 15 is 0 Å². The molecule has 0 aromatic rings. The Morgan fingerprint density at radius 2 is 0.812 bits per heavy atom. The minimum atomic E-state index is -1.00. The summed E-state index contributed by atoms with van der Waals surface area (Å²) in [5.41, 5.74) is 4.65. The van der Waals surface area contributed by atoms with E-state index < -0.39 is 32.3 Å². The molecule has 0 spiro atoms. The molecule has 7 heteroatoms. The van der Waals surface area contributed by atoms with Crippen molar-refractivity contribution in [2.24, 2.45) is 0 Å². The number of rotatable bonds is 8. The molecule has 0 amide bonds. The minimum Gasteiger partial charge on any atom is -1.00 e. The Kier molecular flexibility index (Phi) is 29.0. The molecule has 0 radical (unpaired) electrons. The summed E-state index contributed by atoms with van der Waals surface area (Å²) in [4.78, 5) is 0. The van der Waals surface area contributed by atoms with Crippen LogP contribution in [0.15, 0.2) is 35.7 Å². The van der Waals surface area contributed by atoms with E-state index in [0.29, 0.717) is 0 Å². The van der Waals surface area contributed by atoms with Crippen LogP contribution in [-0.4, -0.2) is 35.5 Å². The van der Waals surface area contributed by atoms with E-state index in [4.69, 9.17) is 0 Å². The van der Waals surface area contributed by atoms with Gasteiger partial charge in [0.05, 0.1) is 0 Å². The van der Waals surface area contributed by atoms with Gasteiger partial charge in [0.15, 0.2) is 0 Å². The molecule has 0 aliphatic carbocycles. The van der Waals surface area contributed by atoms with Crippen LogP contribution in [0.25, 0.3) is 0 Å². The van der Waals surface area contributed by atoms with Gasteiger partial charge in [0.2, 0.25) is 0 Å². The Morgan fingerprint density at radius 3 is 0.969 bits per heavy atom. The van der Waals surface area contributed by atoms with E-state index in [2.05, 4.69) is 140 Å². The average molecular weight is 627 g/mol. The van der Waals surface area contributed by atoms with Gasteiger partial charge in [0.25, 0.3) is 0 Å². The summed E-state index contributed by atoms with van der Waals surface area (Å²) in [6.07, 6.45) is 15.1. The summed E-state index contributed by atoms with van der Waals surface area (Å²) in [6, 6.07) is 2.48. The fourth-order valence-corrected chi connectivity index (χ4v) is 4.12. The molecule has 0 atom stereocenters. The quantitative estimate of drug-likeness (QED) is 0.221. The first-order chi connectivity index (χ1) is 13.1. The third kappa shape index (κ3) is 63.3. The normalized spacial score (nSPS) is 12.8. The maximum atomic E-state index is 3.26. The van der Waals surface area contributed by atoms with E-state index in [0.717, 1.165) is 0 Å². The molecule has 0 aromatic heterocycles. The summed E-state index contributed by atoms with van der Waals surface area (Å²) >= 11 is 1.55. The number of hydrogen-bond donors (Lipinski definition) is 0. The first-order valence-corrected chi connectivity index (χ1v) is 27.0. The summed E-state index contributed by atoms with van der Waals surface area (Å²) in [6.45, 7) is 32.6. The van der Waals surface area contributed by atoms with Gasteiger partial charge in [-0.3, -0.25) is 12.2 Å². The Labute approximate surface area is 235 Å². The van der Waals surface area contributed by atoms with E-state index in [9.17, 15) is 0 Å². The van der Waals surface area contributed by atoms with E-state index in [-0.39, 0.29) is 24.8 Å². The smallest absolute Gasteiger partial charge is 0.0465 e. The van der Waals surface area contributed by atoms with Crippen LogP contribution >= 0.6 is 0 Å². The molecule has 32 heavy (non-hydrogen) atoms. The fraction of sp³-hybridized carbons (Fsp3) is 0.640. The molecule has 0 bridgehead atoms. The zero-order valence-corrected chi connectivity index (χ0v) is 31.6. The third-order valence-corrected chi connectivity index (χ3v) is 8.21. The van der Waals surface area contributed by atoms with Crippen molar-refractivity contribution in [3.05, 3.63) is 47.9 Å². The van der Waals surface area contributed by atoms with Gasteiger partial charge >= 0.3 is 41.3 Å². The van der Waals surface area contributed by atoms with Gasteiger partial charge in [-0.15, -0.1) is 0 Å². The second-order valence-electron chi connectivity index (χ2n) is 12.7. The largest absolute Gasteiger partial charge is 1.00 e. The molecular formula is C25H52Cl2Si4Zr-2. The maximum absolute atomic E-state index is 3.26. The summed E-state index contributed by atoms with van der Waals surface area (Å²) in [5, 5.41) is 0. The van der Waals surface area contributed by atoms with Crippen LogP contribution in [0, 0.1) is 12.2 Å². The van der Waals surface area contributed by atoms with E-state index in [1.54, 1.807) is 24.2 Å². The molecule has 0 heterocycles. The van der Waals surface area contributed by atoms with Crippen molar-refractivity contribution < 1.29 is 49.0 Å². The van der Waals surface area contributed by atoms with Crippen molar-refractivity contribution in [1.29, 1.82) is 0 Å². The zero-order chi connectivity index (χ0) is 24.6. The molecule has 0 saturated carbocycles. The number of halogens is 2. The standard InChI is InChI=1S/2C11H23Si2.C3H6.2ClH.Zr/c2*1-12(2,3)10-8-7-9-11-13(4,5)6;1-3-2;;;/h2*8-10H,11H2,1-6H3;1-2H3;2*1H;/q2*-1;;;;+2/p-2. The van der Waals surface area contributed by atoms with Crippen molar-refractivity contribution in [3.63, 3.8) is 0 Å². The molecule has 0 rings (SSSR count). The molecule has 0 saturated heterocycles. The maximum Gasteiger partial charge on any atom is 0.0465 e. The average Bonchev–Trinajstić information content (AvgIpc) is 2.41. The molecule has 0 aliphatic rings. The van der Waals surface area contributed by atoms with Crippen molar-refractivity contribution in [2.75, 3.05) is 0 Å². The van der Waals surface area contributed by atoms with Crippen LogP contribution in [0.5, 0.6) is 0 Å². The summed E-state index contributed by atoms with van der Waals surface area (Å²) in [7, 11) is -3.80. The van der Waals surface area contributed by atoms with Crippen LogP contribution in [0.4, 0.5) is 0 Å². The second kappa shape index (κ2) is 21.4. The Bertz CT molecular complexity index is 519. The van der Waals surface area contributed by atoms with Crippen LogP contribution in [-0.2, 0) is 24.2 Å². The summed E-state index contributed by atoms with van der Waals surface area (Å²) < 4.78 is 1.51. The van der Waals surface area contributed by atoms with Crippen molar-refractivity contribution in [1.82, 2.24) is 0 Å². The van der Waals surface area contributed by atoms with Crippen molar-refractivity contribution >= 4 is 35.5 Å². The fourth-order valence-electron chi connectivity index (χ4n) is 1.46. The predicted octanol–water partition coefficient (Wildman–Crippen LogP) is 2.99. The molecule has 0 unspecified atom stereocenters. The number of hydrogen-bond acceptors (Lipinski definition) is 0. The molecular weight excluding hydrogens is 575 g/mol. The molecule has 0 aromatic carbocycles. The van der Waals surface area contributed by atoms with Crippen molar-refractivity contribution in [3.8, 4) is 0 Å². The van der Waals surface area contributed by atoms with Gasteiger partial charge in [-0.05, 0) is 16.1 Å². The predicted molar refractivity (Wildman–Crippen MR) is 153 cm³/mol. The van der Waals surface area contributed by atoms with Crippen LogP contribution < -0.4 is 24.8 Å². The second-order valence-corrected chi connectivity index (χ2v) is 36.3. The van der Waals surface area contributed by atoms with Crippen LogP contribution in [0.3, 0.4) is 0 Å². The van der Waals surface area contributed by atoms with Gasteiger partial charge in [0.1, 0.15) is 0 Å². The van der Waals surface area contributed by atoms with Crippen LogP contribution in [0.1, 0.15) is 13.8 Å². The Hall–Kier alpha value is 1.16. The van der Waals surface area contributed by atoms with Gasteiger partial charge in [-0.1, -0.05) is 90.7 Å². The Morgan fingerprint density at radius 1 is 0.594 bits per heavy atom. The van der Waals surface area contributed by atoms with Crippen LogP contribution in [0.2, 0.25) is 90.7 Å².